The van der Waals surface area contributed by atoms with E-state index in [0.29, 0.717) is 0 Å². The van der Waals surface area contributed by atoms with Crippen LogP contribution in [0.2, 0.25) is 0 Å². The van der Waals surface area contributed by atoms with Crippen molar-refractivity contribution in [1.29, 1.82) is 0 Å². The van der Waals surface area contributed by atoms with E-state index in [1.807, 2.05) is 49.9 Å². The third kappa shape index (κ3) is 5.60. The standard InChI is InChI=1S/C23H33BrN2O3/c1-22(2,3)29-21(28)25-15-11-23(4,12-16-25)26-13-9-18(10-14-26)20(27)17-5-7-19(24)8-6-17/h5-8,18H,9-16H2,1-4H3. The number of carbonyl (C=O) groups is 2. The van der Waals surface area contributed by atoms with E-state index < -0.39 is 5.60 Å². The summed E-state index contributed by atoms with van der Waals surface area (Å²) in [5.74, 6) is 0.375. The molecule has 6 heteroatoms. The van der Waals surface area contributed by atoms with Gasteiger partial charge in [0.05, 0.1) is 0 Å². The summed E-state index contributed by atoms with van der Waals surface area (Å²) in [4.78, 5) is 29.5. The summed E-state index contributed by atoms with van der Waals surface area (Å²) in [5.41, 5.74) is 0.439. The molecule has 0 bridgehead atoms. The number of piperidine rings is 2. The van der Waals surface area contributed by atoms with E-state index in [-0.39, 0.29) is 23.3 Å². The van der Waals surface area contributed by atoms with Crippen molar-refractivity contribution < 1.29 is 14.3 Å². The Hall–Kier alpha value is -1.40. The first-order chi connectivity index (χ1) is 13.6. The number of halogens is 1. The average Bonchev–Trinajstić information content (AvgIpc) is 2.67. The number of likely N-dealkylation sites (tertiary alicyclic amines) is 2. The molecule has 0 saturated carbocycles. The quantitative estimate of drug-likeness (QED) is 0.581. The van der Waals surface area contributed by atoms with Gasteiger partial charge in [-0.25, -0.2) is 4.79 Å². The van der Waals surface area contributed by atoms with E-state index in [1.54, 1.807) is 0 Å². The summed E-state index contributed by atoms with van der Waals surface area (Å²) in [7, 11) is 0. The highest BCUT2D eigenvalue weighted by molar-refractivity contribution is 9.10. The zero-order valence-electron chi connectivity index (χ0n) is 18.0. The first-order valence-electron chi connectivity index (χ1n) is 10.6. The summed E-state index contributed by atoms with van der Waals surface area (Å²) in [5, 5.41) is 0. The SMILES string of the molecule is CC(C)(C)OC(=O)N1CCC(C)(N2CCC(C(=O)c3ccc(Br)cc3)CC2)CC1. The number of carbonyl (C=O) groups excluding carboxylic acids is 2. The van der Waals surface area contributed by atoms with Crippen LogP contribution in [0.3, 0.4) is 0 Å². The molecule has 0 N–H and O–H groups in total. The fourth-order valence-corrected chi connectivity index (χ4v) is 4.61. The molecule has 2 saturated heterocycles. The van der Waals surface area contributed by atoms with Gasteiger partial charge < -0.3 is 9.64 Å². The molecule has 0 spiro atoms. The lowest BCUT2D eigenvalue weighted by Gasteiger charge is -2.49. The third-order valence-corrected chi connectivity index (χ3v) is 6.78. The van der Waals surface area contributed by atoms with Gasteiger partial charge in [0.25, 0.3) is 0 Å². The Morgan fingerprint density at radius 2 is 1.59 bits per heavy atom. The van der Waals surface area contributed by atoms with Gasteiger partial charge in [0, 0.05) is 34.6 Å². The number of hydrogen-bond acceptors (Lipinski definition) is 4. The highest BCUT2D eigenvalue weighted by Crippen LogP contribution is 2.33. The van der Waals surface area contributed by atoms with Gasteiger partial charge in [0.15, 0.2) is 5.78 Å². The summed E-state index contributed by atoms with van der Waals surface area (Å²) in [6.07, 6.45) is 3.48. The van der Waals surface area contributed by atoms with Gasteiger partial charge in [-0.1, -0.05) is 28.1 Å². The lowest BCUT2D eigenvalue weighted by atomic mass is 9.82. The molecule has 160 valence electrons. The molecule has 2 heterocycles. The van der Waals surface area contributed by atoms with Crippen LogP contribution in [0.25, 0.3) is 0 Å². The Bertz CT molecular complexity index is 725. The molecule has 0 aromatic heterocycles. The average molecular weight is 465 g/mol. The molecule has 0 radical (unpaired) electrons. The zero-order chi connectivity index (χ0) is 21.2. The van der Waals surface area contributed by atoms with Gasteiger partial charge in [-0.05, 0) is 78.6 Å². The van der Waals surface area contributed by atoms with E-state index in [9.17, 15) is 9.59 Å². The number of amides is 1. The number of ether oxygens (including phenoxy) is 1. The number of ketones is 1. The maximum absolute atomic E-state index is 12.8. The highest BCUT2D eigenvalue weighted by Gasteiger charge is 2.40. The molecule has 5 nitrogen and oxygen atoms in total. The first-order valence-corrected chi connectivity index (χ1v) is 11.4. The largest absolute Gasteiger partial charge is 0.444 e. The van der Waals surface area contributed by atoms with Crippen molar-refractivity contribution in [2.45, 2.75) is 64.5 Å². The minimum atomic E-state index is -0.457. The second kappa shape index (κ2) is 8.76. The second-order valence-electron chi connectivity index (χ2n) is 9.60. The lowest BCUT2D eigenvalue weighted by molar-refractivity contribution is -0.00998. The van der Waals surface area contributed by atoms with Crippen molar-refractivity contribution in [2.75, 3.05) is 26.2 Å². The van der Waals surface area contributed by atoms with Crippen LogP contribution in [0.15, 0.2) is 28.7 Å². The summed E-state index contributed by atoms with van der Waals surface area (Å²) < 4.78 is 6.51. The smallest absolute Gasteiger partial charge is 0.410 e. The highest BCUT2D eigenvalue weighted by atomic mass is 79.9. The minimum Gasteiger partial charge on any atom is -0.444 e. The van der Waals surface area contributed by atoms with Crippen LogP contribution in [-0.4, -0.2) is 59.0 Å². The Morgan fingerprint density at radius 3 is 2.10 bits per heavy atom. The molecule has 1 aromatic rings. The normalized spacial score (nSPS) is 21.1. The lowest BCUT2D eigenvalue weighted by Crippen LogP contribution is -2.57. The van der Waals surface area contributed by atoms with Gasteiger partial charge >= 0.3 is 6.09 Å². The number of nitrogens with zero attached hydrogens (tertiary/aromatic N) is 2. The number of Topliss-reactive ketones (excluding diaryl/α,β-unsaturated/α-hetero) is 1. The molecule has 1 aromatic carbocycles. The third-order valence-electron chi connectivity index (χ3n) is 6.25. The summed E-state index contributed by atoms with van der Waals surface area (Å²) in [6, 6.07) is 7.68. The first kappa shape index (κ1) is 22.3. The van der Waals surface area contributed by atoms with Gasteiger partial charge in [0.2, 0.25) is 0 Å². The Labute approximate surface area is 182 Å². The Kier molecular flexibility index (Phi) is 6.74. The minimum absolute atomic E-state index is 0.0874. The van der Waals surface area contributed by atoms with Crippen molar-refractivity contribution in [3.8, 4) is 0 Å². The van der Waals surface area contributed by atoms with E-state index in [2.05, 4.69) is 27.8 Å². The number of hydrogen-bond donors (Lipinski definition) is 0. The number of benzene rings is 1. The van der Waals surface area contributed by atoms with Crippen LogP contribution in [0.5, 0.6) is 0 Å². The van der Waals surface area contributed by atoms with Crippen molar-refractivity contribution in [1.82, 2.24) is 9.80 Å². The fraction of sp³-hybridized carbons (Fsp3) is 0.652. The maximum atomic E-state index is 12.8. The summed E-state index contributed by atoms with van der Waals surface area (Å²) in [6.45, 7) is 11.3. The van der Waals surface area contributed by atoms with E-state index >= 15 is 0 Å². The molecular weight excluding hydrogens is 432 g/mol. The molecule has 2 fully saturated rings. The predicted octanol–water partition coefficient (Wildman–Crippen LogP) is 5.13. The van der Waals surface area contributed by atoms with E-state index in [0.717, 1.165) is 61.9 Å². The Balaban J connectivity index is 1.51. The predicted molar refractivity (Wildman–Crippen MR) is 118 cm³/mol. The molecule has 29 heavy (non-hydrogen) atoms. The fourth-order valence-electron chi connectivity index (χ4n) is 4.35. The van der Waals surface area contributed by atoms with Gasteiger partial charge in [0.1, 0.15) is 5.60 Å². The van der Waals surface area contributed by atoms with Crippen molar-refractivity contribution in [2.24, 2.45) is 5.92 Å². The second-order valence-corrected chi connectivity index (χ2v) is 10.5. The molecule has 2 aliphatic rings. The van der Waals surface area contributed by atoms with Crippen LogP contribution >= 0.6 is 15.9 Å². The molecule has 1 amide bonds. The van der Waals surface area contributed by atoms with Crippen LogP contribution in [0.1, 0.15) is 63.7 Å². The van der Waals surface area contributed by atoms with Gasteiger partial charge in [-0.3, -0.25) is 9.69 Å². The van der Waals surface area contributed by atoms with Crippen molar-refractivity contribution in [3.05, 3.63) is 34.3 Å². The van der Waals surface area contributed by atoms with Crippen LogP contribution in [0, 0.1) is 5.92 Å². The van der Waals surface area contributed by atoms with E-state index in [1.165, 1.54) is 0 Å². The van der Waals surface area contributed by atoms with Crippen LogP contribution < -0.4 is 0 Å². The van der Waals surface area contributed by atoms with E-state index in [4.69, 9.17) is 4.74 Å². The molecule has 0 aliphatic carbocycles. The van der Waals surface area contributed by atoms with Gasteiger partial charge in [-0.15, -0.1) is 0 Å². The van der Waals surface area contributed by atoms with Crippen molar-refractivity contribution >= 4 is 27.8 Å². The van der Waals surface area contributed by atoms with Crippen molar-refractivity contribution in [3.63, 3.8) is 0 Å². The molecule has 0 unspecified atom stereocenters. The molecular formula is C23H33BrN2O3. The molecule has 2 aliphatic heterocycles. The van der Waals surface area contributed by atoms with Gasteiger partial charge in [-0.2, -0.15) is 0 Å². The Morgan fingerprint density at radius 1 is 1.03 bits per heavy atom. The summed E-state index contributed by atoms with van der Waals surface area (Å²) >= 11 is 3.43. The van der Waals surface area contributed by atoms with Crippen LogP contribution in [-0.2, 0) is 4.74 Å². The molecule has 0 atom stereocenters. The maximum Gasteiger partial charge on any atom is 0.410 e. The number of rotatable bonds is 3. The monoisotopic (exact) mass is 464 g/mol. The molecule has 3 rings (SSSR count). The zero-order valence-corrected chi connectivity index (χ0v) is 19.6. The van der Waals surface area contributed by atoms with Crippen LogP contribution in [0.4, 0.5) is 4.79 Å². The topological polar surface area (TPSA) is 49.9 Å².